The Morgan fingerprint density at radius 1 is 1.08 bits per heavy atom. The maximum Gasteiger partial charge on any atom is 0.422 e. The summed E-state index contributed by atoms with van der Waals surface area (Å²) in [5.74, 6) is 1.71. The predicted octanol–water partition coefficient (Wildman–Crippen LogP) is 4.02. The third-order valence-electron chi connectivity index (χ3n) is 4.16. The van der Waals surface area contributed by atoms with E-state index in [1.165, 1.54) is 18.8 Å². The summed E-state index contributed by atoms with van der Waals surface area (Å²) in [5.41, 5.74) is 0.634. The van der Waals surface area contributed by atoms with Crippen molar-refractivity contribution in [3.63, 3.8) is 0 Å². The number of alkyl halides is 3. The first-order chi connectivity index (χ1) is 12.5. The zero-order valence-electron chi connectivity index (χ0n) is 14.3. The van der Waals surface area contributed by atoms with Crippen LogP contribution in [-0.2, 0) is 6.54 Å². The highest BCUT2D eigenvalue weighted by atomic mass is 19.4. The fourth-order valence-corrected chi connectivity index (χ4v) is 2.88. The topological polar surface area (TPSA) is 50.3 Å². The molecule has 26 heavy (non-hydrogen) atoms. The number of anilines is 2. The van der Waals surface area contributed by atoms with Gasteiger partial charge in [0.25, 0.3) is 0 Å². The van der Waals surface area contributed by atoms with Crippen LogP contribution in [0.4, 0.5) is 24.8 Å². The van der Waals surface area contributed by atoms with Gasteiger partial charge in [-0.05, 0) is 25.3 Å². The minimum Gasteiger partial charge on any atom is -0.484 e. The highest BCUT2D eigenvalue weighted by Crippen LogP contribution is 2.24. The van der Waals surface area contributed by atoms with Crippen LogP contribution in [0.15, 0.2) is 36.7 Å². The summed E-state index contributed by atoms with van der Waals surface area (Å²) in [6.45, 7) is 0.955. The molecular formula is C18H21F3N4O. The number of rotatable bonds is 6. The van der Waals surface area contributed by atoms with Crippen molar-refractivity contribution < 1.29 is 17.9 Å². The number of nitrogens with zero attached hydrogens (tertiary/aromatic N) is 3. The quantitative estimate of drug-likeness (QED) is 0.837. The molecular weight excluding hydrogens is 345 g/mol. The van der Waals surface area contributed by atoms with Crippen molar-refractivity contribution in [3.05, 3.63) is 42.2 Å². The van der Waals surface area contributed by atoms with Crippen LogP contribution in [-0.4, -0.2) is 35.8 Å². The standard InChI is InChI=1S/C18H21F3N4O/c19-18(20,21)12-26-15-7-3-2-6-14(15)11-22-16-10-17(24-13-23-16)25-8-4-1-5-9-25/h2-3,6-7,10,13H,1,4-5,8-9,11-12H2,(H,22,23,24). The summed E-state index contributed by atoms with van der Waals surface area (Å²) < 4.78 is 42.1. The third kappa shape index (κ3) is 5.24. The lowest BCUT2D eigenvalue weighted by atomic mass is 10.1. The summed E-state index contributed by atoms with van der Waals surface area (Å²) in [6, 6.07) is 8.53. The molecule has 2 aromatic rings. The first-order valence-electron chi connectivity index (χ1n) is 8.59. The average molecular weight is 366 g/mol. The van der Waals surface area contributed by atoms with Crippen molar-refractivity contribution in [1.82, 2.24) is 9.97 Å². The predicted molar refractivity (Wildman–Crippen MR) is 93.4 cm³/mol. The maximum absolute atomic E-state index is 12.4. The zero-order chi connectivity index (χ0) is 18.4. The Morgan fingerprint density at radius 2 is 1.85 bits per heavy atom. The van der Waals surface area contributed by atoms with E-state index in [9.17, 15) is 13.2 Å². The highest BCUT2D eigenvalue weighted by Gasteiger charge is 2.28. The SMILES string of the molecule is FC(F)(F)COc1ccccc1CNc1cc(N2CCCCC2)ncn1. The van der Waals surface area contributed by atoms with Crippen LogP contribution in [0, 0.1) is 0 Å². The van der Waals surface area contributed by atoms with E-state index in [0.29, 0.717) is 17.9 Å². The molecule has 0 unspecified atom stereocenters. The van der Waals surface area contributed by atoms with Crippen molar-refractivity contribution in [2.45, 2.75) is 32.0 Å². The minimum absolute atomic E-state index is 0.211. The lowest BCUT2D eigenvalue weighted by Crippen LogP contribution is -2.30. The van der Waals surface area contributed by atoms with Crippen LogP contribution in [0.5, 0.6) is 5.75 Å². The molecule has 0 bridgehead atoms. The number of hydrogen-bond donors (Lipinski definition) is 1. The normalized spacial score (nSPS) is 15.0. The molecule has 0 spiro atoms. The Hall–Kier alpha value is -2.51. The van der Waals surface area contributed by atoms with Crippen molar-refractivity contribution >= 4 is 11.6 Å². The van der Waals surface area contributed by atoms with Gasteiger partial charge in [0.2, 0.25) is 0 Å². The zero-order valence-corrected chi connectivity index (χ0v) is 14.3. The molecule has 0 amide bonds. The summed E-state index contributed by atoms with van der Waals surface area (Å²) in [4.78, 5) is 10.7. The molecule has 0 radical (unpaired) electrons. The van der Waals surface area contributed by atoms with E-state index < -0.39 is 12.8 Å². The largest absolute Gasteiger partial charge is 0.484 e. The van der Waals surface area contributed by atoms with E-state index in [1.807, 2.05) is 6.07 Å². The Bertz CT molecular complexity index is 718. The molecule has 1 aromatic heterocycles. The molecule has 3 rings (SSSR count). The van der Waals surface area contributed by atoms with Crippen LogP contribution in [0.25, 0.3) is 0 Å². The summed E-state index contributed by atoms with van der Waals surface area (Å²) in [7, 11) is 0. The van der Waals surface area contributed by atoms with E-state index >= 15 is 0 Å². The second kappa shape index (κ2) is 8.25. The van der Waals surface area contributed by atoms with Crippen molar-refractivity contribution in [3.8, 4) is 5.75 Å². The second-order valence-corrected chi connectivity index (χ2v) is 6.17. The average Bonchev–Trinajstić information content (AvgIpc) is 2.66. The van der Waals surface area contributed by atoms with Crippen molar-refractivity contribution in [2.24, 2.45) is 0 Å². The lowest BCUT2D eigenvalue weighted by molar-refractivity contribution is -0.153. The Kier molecular flexibility index (Phi) is 5.80. The molecule has 2 heterocycles. The van der Waals surface area contributed by atoms with Gasteiger partial charge in [0, 0.05) is 31.3 Å². The molecule has 1 N–H and O–H groups in total. The van der Waals surface area contributed by atoms with E-state index in [0.717, 1.165) is 31.7 Å². The Morgan fingerprint density at radius 3 is 2.62 bits per heavy atom. The van der Waals surface area contributed by atoms with Gasteiger partial charge >= 0.3 is 6.18 Å². The molecule has 0 saturated carbocycles. The second-order valence-electron chi connectivity index (χ2n) is 6.17. The van der Waals surface area contributed by atoms with Gasteiger partial charge in [0.05, 0.1) is 0 Å². The van der Waals surface area contributed by atoms with E-state index in [4.69, 9.17) is 4.74 Å². The van der Waals surface area contributed by atoms with E-state index in [2.05, 4.69) is 20.2 Å². The number of aromatic nitrogens is 2. The van der Waals surface area contributed by atoms with Crippen LogP contribution < -0.4 is 15.0 Å². The van der Waals surface area contributed by atoms with Gasteiger partial charge in [-0.25, -0.2) is 9.97 Å². The van der Waals surface area contributed by atoms with Crippen LogP contribution in [0.2, 0.25) is 0 Å². The highest BCUT2D eigenvalue weighted by molar-refractivity contribution is 5.49. The van der Waals surface area contributed by atoms with Gasteiger partial charge in [-0.1, -0.05) is 18.2 Å². The van der Waals surface area contributed by atoms with E-state index in [1.54, 1.807) is 18.2 Å². The molecule has 1 saturated heterocycles. The number of para-hydroxylation sites is 1. The molecule has 1 aromatic carbocycles. The van der Waals surface area contributed by atoms with E-state index in [-0.39, 0.29) is 5.75 Å². The van der Waals surface area contributed by atoms with Gasteiger partial charge < -0.3 is 15.0 Å². The molecule has 1 aliphatic heterocycles. The molecule has 8 heteroatoms. The molecule has 140 valence electrons. The fraction of sp³-hybridized carbons (Fsp3) is 0.444. The minimum atomic E-state index is -4.36. The van der Waals surface area contributed by atoms with Crippen LogP contribution in [0.3, 0.4) is 0 Å². The van der Waals surface area contributed by atoms with Crippen LogP contribution >= 0.6 is 0 Å². The molecule has 1 fully saturated rings. The van der Waals surface area contributed by atoms with Gasteiger partial charge in [-0.2, -0.15) is 13.2 Å². The van der Waals surface area contributed by atoms with Crippen molar-refractivity contribution in [2.75, 3.05) is 29.9 Å². The Labute approximate surface area is 150 Å². The summed E-state index contributed by atoms with van der Waals surface area (Å²) >= 11 is 0. The Balaban J connectivity index is 1.64. The monoisotopic (exact) mass is 366 g/mol. The number of hydrogen-bond acceptors (Lipinski definition) is 5. The van der Waals surface area contributed by atoms with Crippen LogP contribution in [0.1, 0.15) is 24.8 Å². The lowest BCUT2D eigenvalue weighted by Gasteiger charge is -2.27. The van der Waals surface area contributed by atoms with Gasteiger partial charge in [-0.15, -0.1) is 0 Å². The molecule has 5 nitrogen and oxygen atoms in total. The maximum atomic E-state index is 12.4. The number of benzene rings is 1. The third-order valence-corrected chi connectivity index (χ3v) is 4.16. The first-order valence-corrected chi connectivity index (χ1v) is 8.59. The fourth-order valence-electron chi connectivity index (χ4n) is 2.88. The number of ether oxygens (including phenoxy) is 1. The number of piperidine rings is 1. The number of nitrogens with one attached hydrogen (secondary N) is 1. The van der Waals surface area contributed by atoms with Gasteiger partial charge in [0.1, 0.15) is 23.7 Å². The number of halogens is 3. The summed E-state index contributed by atoms with van der Waals surface area (Å²) in [6.07, 6.45) is 0.670. The molecule has 0 atom stereocenters. The summed E-state index contributed by atoms with van der Waals surface area (Å²) in [5, 5.41) is 3.14. The van der Waals surface area contributed by atoms with Gasteiger partial charge in [-0.3, -0.25) is 0 Å². The molecule has 1 aliphatic rings. The smallest absolute Gasteiger partial charge is 0.422 e. The first kappa shape index (κ1) is 18.3. The molecule has 0 aliphatic carbocycles. The van der Waals surface area contributed by atoms with Crippen molar-refractivity contribution in [1.29, 1.82) is 0 Å². The van der Waals surface area contributed by atoms with Gasteiger partial charge in [0.15, 0.2) is 6.61 Å².